The van der Waals surface area contributed by atoms with Crippen molar-refractivity contribution in [1.29, 1.82) is 0 Å². The van der Waals surface area contributed by atoms with Gasteiger partial charge in [-0.25, -0.2) is 10.2 Å². The fourth-order valence-electron chi connectivity index (χ4n) is 2.48. The van der Waals surface area contributed by atoms with Gasteiger partial charge >= 0.3 is 17.8 Å². The van der Waals surface area contributed by atoms with Gasteiger partial charge in [-0.2, -0.15) is 5.10 Å². The van der Waals surface area contributed by atoms with Crippen molar-refractivity contribution in [3.63, 3.8) is 0 Å². The molecule has 162 valence electrons. The monoisotopic (exact) mass is 451 g/mol. The van der Waals surface area contributed by atoms with Crippen LogP contribution in [0.25, 0.3) is 0 Å². The molecule has 9 heteroatoms. The number of nitrogens with zero attached hydrogens (tertiary/aromatic N) is 1. The molecule has 0 aliphatic rings. The summed E-state index contributed by atoms with van der Waals surface area (Å²) in [5.41, 5.74) is 3.53. The Morgan fingerprint density at radius 1 is 0.906 bits per heavy atom. The Morgan fingerprint density at radius 2 is 1.59 bits per heavy atom. The van der Waals surface area contributed by atoms with Crippen LogP contribution in [0.3, 0.4) is 0 Å². The minimum atomic E-state index is -0.927. The molecule has 2 amide bonds. The lowest BCUT2D eigenvalue weighted by Gasteiger charge is -2.05. The number of halogens is 1. The van der Waals surface area contributed by atoms with Crippen LogP contribution < -0.4 is 20.2 Å². The van der Waals surface area contributed by atoms with Gasteiger partial charge in [0.25, 0.3) is 0 Å². The number of benzene rings is 3. The quantitative estimate of drug-likeness (QED) is 0.195. The number of carbonyl (C=O) groups excluding carboxylic acids is 3. The van der Waals surface area contributed by atoms with Crippen molar-refractivity contribution >= 4 is 41.3 Å². The number of esters is 1. The topological polar surface area (TPSA) is 106 Å². The van der Waals surface area contributed by atoms with Gasteiger partial charge in [0.15, 0.2) is 0 Å². The molecule has 0 saturated carbocycles. The fraction of sp³-hybridized carbons (Fsp3) is 0.0435. The van der Waals surface area contributed by atoms with Crippen molar-refractivity contribution in [3.05, 3.63) is 88.9 Å². The molecule has 8 nitrogen and oxygen atoms in total. The van der Waals surface area contributed by atoms with Gasteiger partial charge in [0.05, 0.1) is 18.9 Å². The first-order valence-corrected chi connectivity index (χ1v) is 9.68. The summed E-state index contributed by atoms with van der Waals surface area (Å²) in [7, 11) is 1.53. The molecule has 3 rings (SSSR count). The number of methoxy groups -OCH3 is 1. The molecular formula is C23H18ClN3O5. The van der Waals surface area contributed by atoms with E-state index in [2.05, 4.69) is 15.8 Å². The van der Waals surface area contributed by atoms with Crippen molar-refractivity contribution in [2.45, 2.75) is 0 Å². The van der Waals surface area contributed by atoms with E-state index < -0.39 is 17.8 Å². The number of nitrogens with one attached hydrogen (secondary N) is 2. The lowest BCUT2D eigenvalue weighted by molar-refractivity contribution is -0.136. The van der Waals surface area contributed by atoms with E-state index in [1.165, 1.54) is 19.4 Å². The smallest absolute Gasteiger partial charge is 0.343 e. The van der Waals surface area contributed by atoms with Gasteiger partial charge in [-0.15, -0.1) is 0 Å². The Labute approximate surface area is 188 Å². The highest BCUT2D eigenvalue weighted by Gasteiger charge is 2.13. The molecule has 2 N–H and O–H groups in total. The van der Waals surface area contributed by atoms with Crippen LogP contribution in [0.5, 0.6) is 11.5 Å². The van der Waals surface area contributed by atoms with E-state index in [0.717, 1.165) is 0 Å². The summed E-state index contributed by atoms with van der Waals surface area (Å²) in [6.07, 6.45) is 1.35. The van der Waals surface area contributed by atoms with Crippen LogP contribution in [-0.4, -0.2) is 31.1 Å². The van der Waals surface area contributed by atoms with E-state index in [1.54, 1.807) is 66.7 Å². The third-order valence-corrected chi connectivity index (χ3v) is 4.32. The lowest BCUT2D eigenvalue weighted by atomic mass is 10.2. The summed E-state index contributed by atoms with van der Waals surface area (Å²) in [6.45, 7) is 0. The number of anilines is 1. The number of amides is 2. The maximum Gasteiger partial charge on any atom is 0.343 e. The van der Waals surface area contributed by atoms with E-state index in [0.29, 0.717) is 33.3 Å². The molecule has 0 aromatic heterocycles. The Balaban J connectivity index is 1.50. The maximum absolute atomic E-state index is 12.1. The van der Waals surface area contributed by atoms with E-state index in [4.69, 9.17) is 21.1 Å². The number of ether oxygens (including phenoxy) is 2. The molecular weight excluding hydrogens is 434 g/mol. The van der Waals surface area contributed by atoms with Gasteiger partial charge in [0.2, 0.25) is 0 Å². The second-order valence-corrected chi connectivity index (χ2v) is 6.79. The van der Waals surface area contributed by atoms with Crippen LogP contribution in [0, 0.1) is 0 Å². The second-order valence-electron chi connectivity index (χ2n) is 6.35. The first-order valence-electron chi connectivity index (χ1n) is 9.31. The molecule has 0 saturated heterocycles. The van der Waals surface area contributed by atoms with Crippen molar-refractivity contribution in [2.75, 3.05) is 12.4 Å². The normalized spacial score (nSPS) is 10.4. The molecule has 32 heavy (non-hydrogen) atoms. The van der Waals surface area contributed by atoms with Crippen molar-refractivity contribution in [3.8, 4) is 11.5 Å². The van der Waals surface area contributed by atoms with Crippen LogP contribution in [0.15, 0.2) is 77.9 Å². The van der Waals surface area contributed by atoms with Gasteiger partial charge in [0.1, 0.15) is 11.5 Å². The zero-order valence-corrected chi connectivity index (χ0v) is 17.6. The van der Waals surface area contributed by atoms with Gasteiger partial charge in [-0.3, -0.25) is 9.59 Å². The first kappa shape index (κ1) is 22.5. The summed E-state index contributed by atoms with van der Waals surface area (Å²) in [5.74, 6) is -1.37. The van der Waals surface area contributed by atoms with Crippen LogP contribution in [-0.2, 0) is 9.59 Å². The molecule has 0 spiro atoms. The van der Waals surface area contributed by atoms with Crippen LogP contribution in [0.2, 0.25) is 5.02 Å². The summed E-state index contributed by atoms with van der Waals surface area (Å²) in [5, 5.41) is 6.63. The standard InChI is InChI=1S/C23H18ClN3O5/c1-31-19-11-7-18(8-12-19)26-21(28)22(29)27-25-14-15-5-9-20(10-6-15)32-23(30)16-3-2-4-17(24)13-16/h2-14H,1H3,(H,26,28)(H,27,29). The number of hydrazone groups is 1. The van der Waals surface area contributed by atoms with Gasteiger partial charge in [-0.05, 0) is 72.3 Å². The number of rotatable bonds is 6. The summed E-state index contributed by atoms with van der Waals surface area (Å²) in [6, 6.07) is 19.4. The van der Waals surface area contributed by atoms with Gasteiger partial charge < -0.3 is 14.8 Å². The average molecular weight is 452 g/mol. The summed E-state index contributed by atoms with van der Waals surface area (Å²) in [4.78, 5) is 35.9. The Morgan fingerprint density at radius 3 is 2.25 bits per heavy atom. The molecule has 0 unspecified atom stereocenters. The van der Waals surface area contributed by atoms with E-state index in [9.17, 15) is 14.4 Å². The third kappa shape index (κ3) is 6.41. The van der Waals surface area contributed by atoms with Crippen LogP contribution in [0.1, 0.15) is 15.9 Å². The number of hydrogen-bond acceptors (Lipinski definition) is 6. The van der Waals surface area contributed by atoms with Gasteiger partial charge in [0, 0.05) is 10.7 Å². The Kier molecular flexibility index (Phi) is 7.55. The first-order chi connectivity index (χ1) is 15.4. The molecule has 0 heterocycles. The molecule has 0 bridgehead atoms. The van der Waals surface area contributed by atoms with Crippen LogP contribution >= 0.6 is 11.6 Å². The highest BCUT2D eigenvalue weighted by molar-refractivity contribution is 6.39. The van der Waals surface area contributed by atoms with E-state index >= 15 is 0 Å². The largest absolute Gasteiger partial charge is 0.497 e. The fourth-order valence-corrected chi connectivity index (χ4v) is 2.67. The highest BCUT2D eigenvalue weighted by atomic mass is 35.5. The van der Waals surface area contributed by atoms with Gasteiger partial charge in [-0.1, -0.05) is 17.7 Å². The predicted molar refractivity (Wildman–Crippen MR) is 120 cm³/mol. The lowest BCUT2D eigenvalue weighted by Crippen LogP contribution is -2.32. The third-order valence-electron chi connectivity index (χ3n) is 4.08. The van der Waals surface area contributed by atoms with Crippen molar-refractivity contribution in [1.82, 2.24) is 5.43 Å². The molecule has 3 aromatic rings. The summed E-state index contributed by atoms with van der Waals surface area (Å²) < 4.78 is 10.3. The minimum Gasteiger partial charge on any atom is -0.497 e. The molecule has 0 atom stereocenters. The highest BCUT2D eigenvalue weighted by Crippen LogP contribution is 2.16. The zero-order chi connectivity index (χ0) is 22.9. The molecule has 3 aromatic carbocycles. The zero-order valence-electron chi connectivity index (χ0n) is 16.9. The predicted octanol–water partition coefficient (Wildman–Crippen LogP) is 3.66. The van der Waals surface area contributed by atoms with E-state index in [1.807, 2.05) is 0 Å². The molecule has 0 aliphatic carbocycles. The SMILES string of the molecule is COc1ccc(NC(=O)C(=O)NN=Cc2ccc(OC(=O)c3cccc(Cl)c3)cc2)cc1. The Hall–Kier alpha value is -4.17. The van der Waals surface area contributed by atoms with E-state index in [-0.39, 0.29) is 0 Å². The molecule has 0 radical (unpaired) electrons. The summed E-state index contributed by atoms with van der Waals surface area (Å²) >= 11 is 5.87. The molecule has 0 aliphatic heterocycles. The maximum atomic E-state index is 12.1. The Bertz CT molecular complexity index is 1150. The number of hydrogen-bond donors (Lipinski definition) is 2. The minimum absolute atomic E-state index is 0.329. The van der Waals surface area contributed by atoms with Crippen molar-refractivity contribution < 1.29 is 23.9 Å². The van der Waals surface area contributed by atoms with Crippen LogP contribution in [0.4, 0.5) is 5.69 Å². The molecule has 0 fully saturated rings. The average Bonchev–Trinajstić information content (AvgIpc) is 2.80. The number of carbonyl (C=O) groups is 3. The second kappa shape index (κ2) is 10.7. The van der Waals surface area contributed by atoms with Crippen molar-refractivity contribution in [2.24, 2.45) is 5.10 Å².